The number of benzene rings is 2. The number of hydrogen-bond acceptors (Lipinski definition) is 4. The van der Waals surface area contributed by atoms with Crippen molar-refractivity contribution in [2.45, 2.75) is 12.8 Å². The molecule has 2 aromatic carbocycles. The number of amides is 2. The van der Waals surface area contributed by atoms with Crippen molar-refractivity contribution in [3.05, 3.63) is 51.5 Å². The van der Waals surface area contributed by atoms with Gasteiger partial charge in [0.05, 0.1) is 41.1 Å². The molecule has 1 aliphatic heterocycles. The molecule has 148 valence electrons. The van der Waals surface area contributed by atoms with E-state index in [1.54, 1.807) is 35.2 Å². The van der Waals surface area contributed by atoms with Crippen LogP contribution in [0, 0.1) is 0 Å². The summed E-state index contributed by atoms with van der Waals surface area (Å²) < 4.78 is 10.6. The maximum absolute atomic E-state index is 13.0. The lowest BCUT2D eigenvalue weighted by Gasteiger charge is -2.20. The molecule has 1 aliphatic rings. The first kappa shape index (κ1) is 20.3. The Morgan fingerprint density at radius 1 is 1.00 bits per heavy atom. The van der Waals surface area contributed by atoms with Crippen molar-refractivity contribution < 1.29 is 19.1 Å². The fourth-order valence-electron chi connectivity index (χ4n) is 3.12. The third kappa shape index (κ3) is 4.03. The van der Waals surface area contributed by atoms with E-state index < -0.39 is 5.91 Å². The Kier molecular flexibility index (Phi) is 6.31. The van der Waals surface area contributed by atoms with Gasteiger partial charge in [-0.25, -0.2) is 0 Å². The molecule has 8 heteroatoms. The van der Waals surface area contributed by atoms with Gasteiger partial charge in [-0.3, -0.25) is 9.59 Å². The Hall–Kier alpha value is -2.44. The van der Waals surface area contributed by atoms with E-state index in [4.69, 9.17) is 32.7 Å². The first-order valence-corrected chi connectivity index (χ1v) is 9.52. The van der Waals surface area contributed by atoms with E-state index in [1.165, 1.54) is 14.2 Å². The van der Waals surface area contributed by atoms with E-state index in [9.17, 15) is 9.59 Å². The average Bonchev–Trinajstić information content (AvgIpc) is 3.23. The van der Waals surface area contributed by atoms with Gasteiger partial charge in [-0.15, -0.1) is 0 Å². The smallest absolute Gasteiger partial charge is 0.257 e. The van der Waals surface area contributed by atoms with Crippen LogP contribution in [0.1, 0.15) is 33.6 Å². The number of carbonyl (C=O) groups is 2. The number of halogens is 2. The molecule has 1 fully saturated rings. The number of ether oxygens (including phenoxy) is 2. The third-order valence-corrected chi connectivity index (χ3v) is 5.41. The molecular weight excluding hydrogens is 403 g/mol. The number of anilines is 1. The van der Waals surface area contributed by atoms with Crippen molar-refractivity contribution in [2.24, 2.45) is 0 Å². The predicted octanol–water partition coefficient (Wildman–Crippen LogP) is 4.50. The number of carbonyl (C=O) groups excluding carboxylic acids is 2. The zero-order chi connectivity index (χ0) is 20.3. The number of likely N-dealkylation sites (tertiary alicyclic amines) is 1. The Labute approximate surface area is 173 Å². The molecular formula is C20H20Cl2N2O4. The summed E-state index contributed by atoms with van der Waals surface area (Å²) in [6.45, 7) is 1.36. The molecule has 0 aliphatic carbocycles. The Bertz CT molecular complexity index is 911. The van der Waals surface area contributed by atoms with Crippen molar-refractivity contribution in [2.75, 3.05) is 32.6 Å². The lowest BCUT2D eigenvalue weighted by molar-refractivity contribution is 0.0793. The minimum absolute atomic E-state index is 0.148. The van der Waals surface area contributed by atoms with Gasteiger partial charge in [0.15, 0.2) is 11.5 Å². The zero-order valence-corrected chi connectivity index (χ0v) is 17.1. The molecule has 3 rings (SSSR count). The summed E-state index contributed by atoms with van der Waals surface area (Å²) in [5.74, 6) is 0.151. The van der Waals surface area contributed by atoms with Gasteiger partial charge in [0.2, 0.25) is 0 Å². The van der Waals surface area contributed by atoms with Gasteiger partial charge in [0.25, 0.3) is 11.8 Å². The minimum atomic E-state index is -0.477. The standard InChI is InChI=1S/C20H20Cl2N2O4/c1-27-16-10-13(20(26)24-8-3-4-9-24)15(11-17(16)28-2)23-19(25)12-6-5-7-14(21)18(12)22/h5-7,10-11H,3-4,8-9H2,1-2H3,(H,23,25). The Morgan fingerprint density at radius 2 is 1.64 bits per heavy atom. The van der Waals surface area contributed by atoms with Crippen LogP contribution >= 0.6 is 23.2 Å². The molecule has 1 saturated heterocycles. The molecule has 1 heterocycles. The highest BCUT2D eigenvalue weighted by molar-refractivity contribution is 6.44. The Morgan fingerprint density at radius 3 is 2.29 bits per heavy atom. The van der Waals surface area contributed by atoms with Gasteiger partial charge in [-0.05, 0) is 31.0 Å². The molecule has 0 radical (unpaired) electrons. The van der Waals surface area contributed by atoms with E-state index in [-0.39, 0.29) is 21.5 Å². The van der Waals surface area contributed by atoms with Gasteiger partial charge in [0, 0.05) is 19.2 Å². The van der Waals surface area contributed by atoms with E-state index >= 15 is 0 Å². The second-order valence-corrected chi connectivity index (χ2v) is 7.09. The van der Waals surface area contributed by atoms with Crippen LogP contribution in [-0.4, -0.2) is 44.0 Å². The van der Waals surface area contributed by atoms with E-state index in [1.807, 2.05) is 0 Å². The first-order valence-electron chi connectivity index (χ1n) is 8.77. The van der Waals surface area contributed by atoms with Crippen LogP contribution in [0.5, 0.6) is 11.5 Å². The molecule has 0 spiro atoms. The summed E-state index contributed by atoms with van der Waals surface area (Å²) in [7, 11) is 2.98. The van der Waals surface area contributed by atoms with Crippen molar-refractivity contribution in [1.29, 1.82) is 0 Å². The van der Waals surface area contributed by atoms with E-state index in [0.29, 0.717) is 35.8 Å². The SMILES string of the molecule is COc1cc(NC(=O)c2cccc(Cl)c2Cl)c(C(=O)N2CCCC2)cc1OC. The Balaban J connectivity index is 2.01. The largest absolute Gasteiger partial charge is 0.493 e. The summed E-state index contributed by atoms with van der Waals surface area (Å²) in [5.41, 5.74) is 0.852. The molecule has 2 aromatic rings. The van der Waals surface area contributed by atoms with Crippen molar-refractivity contribution in [3.8, 4) is 11.5 Å². The average molecular weight is 423 g/mol. The molecule has 0 atom stereocenters. The van der Waals surface area contributed by atoms with Crippen LogP contribution in [0.2, 0.25) is 10.0 Å². The molecule has 0 bridgehead atoms. The molecule has 0 saturated carbocycles. The second kappa shape index (κ2) is 8.71. The summed E-state index contributed by atoms with van der Waals surface area (Å²) in [6, 6.07) is 7.94. The fourth-order valence-corrected chi connectivity index (χ4v) is 3.51. The first-order chi connectivity index (χ1) is 13.5. The summed E-state index contributed by atoms with van der Waals surface area (Å²) in [6.07, 6.45) is 1.91. The topological polar surface area (TPSA) is 67.9 Å². The number of methoxy groups -OCH3 is 2. The molecule has 0 unspecified atom stereocenters. The van der Waals surface area contributed by atoms with E-state index in [2.05, 4.69) is 5.32 Å². The van der Waals surface area contributed by atoms with Gasteiger partial charge in [-0.1, -0.05) is 29.3 Å². The van der Waals surface area contributed by atoms with Gasteiger partial charge in [0.1, 0.15) is 0 Å². The number of rotatable bonds is 5. The number of nitrogens with one attached hydrogen (secondary N) is 1. The van der Waals surface area contributed by atoms with Crippen molar-refractivity contribution in [1.82, 2.24) is 4.90 Å². The van der Waals surface area contributed by atoms with E-state index in [0.717, 1.165) is 12.8 Å². The highest BCUT2D eigenvalue weighted by Gasteiger charge is 2.25. The monoisotopic (exact) mass is 422 g/mol. The van der Waals surface area contributed by atoms with Crippen LogP contribution in [0.4, 0.5) is 5.69 Å². The van der Waals surface area contributed by atoms with Crippen LogP contribution in [0.3, 0.4) is 0 Å². The summed E-state index contributed by atoms with van der Waals surface area (Å²) in [5, 5.41) is 3.18. The normalized spacial score (nSPS) is 13.4. The van der Waals surface area contributed by atoms with Crippen LogP contribution < -0.4 is 14.8 Å². The quantitative estimate of drug-likeness (QED) is 0.769. The summed E-state index contributed by atoms with van der Waals surface area (Å²) in [4.78, 5) is 27.5. The molecule has 0 aromatic heterocycles. The van der Waals surface area contributed by atoms with Gasteiger partial charge >= 0.3 is 0 Å². The maximum atomic E-state index is 13.0. The molecule has 1 N–H and O–H groups in total. The molecule has 28 heavy (non-hydrogen) atoms. The lowest BCUT2D eigenvalue weighted by Crippen LogP contribution is -2.29. The minimum Gasteiger partial charge on any atom is -0.493 e. The van der Waals surface area contributed by atoms with Crippen molar-refractivity contribution >= 4 is 40.7 Å². The van der Waals surface area contributed by atoms with Gasteiger partial charge in [-0.2, -0.15) is 0 Å². The number of nitrogens with zero attached hydrogens (tertiary/aromatic N) is 1. The van der Waals surface area contributed by atoms with Crippen LogP contribution in [0.15, 0.2) is 30.3 Å². The van der Waals surface area contributed by atoms with Crippen LogP contribution in [-0.2, 0) is 0 Å². The lowest BCUT2D eigenvalue weighted by atomic mass is 10.1. The fraction of sp³-hybridized carbons (Fsp3) is 0.300. The third-order valence-electron chi connectivity index (χ3n) is 4.59. The molecule has 2 amide bonds. The highest BCUT2D eigenvalue weighted by atomic mass is 35.5. The second-order valence-electron chi connectivity index (χ2n) is 6.31. The van der Waals surface area contributed by atoms with Gasteiger partial charge < -0.3 is 19.7 Å². The number of hydrogen-bond donors (Lipinski definition) is 1. The summed E-state index contributed by atoms with van der Waals surface area (Å²) >= 11 is 12.2. The predicted molar refractivity (Wildman–Crippen MR) is 109 cm³/mol. The molecule has 6 nitrogen and oxygen atoms in total. The van der Waals surface area contributed by atoms with Crippen molar-refractivity contribution in [3.63, 3.8) is 0 Å². The maximum Gasteiger partial charge on any atom is 0.257 e. The van der Waals surface area contributed by atoms with Crippen LogP contribution in [0.25, 0.3) is 0 Å². The highest BCUT2D eigenvalue weighted by Crippen LogP contribution is 2.35. The zero-order valence-electron chi connectivity index (χ0n) is 15.6.